The van der Waals surface area contributed by atoms with E-state index in [-0.39, 0.29) is 14.5 Å². The molecule has 2 N–H and O–H groups in total. The van der Waals surface area contributed by atoms with Gasteiger partial charge in [-0.15, -0.1) is 0 Å². The quantitative estimate of drug-likeness (QED) is 0.595. The molecule has 0 aromatic heterocycles. The van der Waals surface area contributed by atoms with E-state index in [1.54, 1.807) is 0 Å². The van der Waals surface area contributed by atoms with Crippen LogP contribution in [0.25, 0.3) is 0 Å². The van der Waals surface area contributed by atoms with Crippen LogP contribution in [0.1, 0.15) is 32.1 Å². The number of fused-ring (bicyclic) bond motifs is 2. The fourth-order valence-electron chi connectivity index (χ4n) is 2.52. The molecule has 0 unspecified atom stereocenters. The van der Waals surface area contributed by atoms with Crippen LogP contribution in [0.4, 0.5) is 0 Å². The van der Waals surface area contributed by atoms with Gasteiger partial charge in [0.25, 0.3) is 0 Å². The Bertz CT molecular complexity index is 230. The van der Waals surface area contributed by atoms with Gasteiger partial charge in [-0.05, 0) is 0 Å². The summed E-state index contributed by atoms with van der Waals surface area (Å²) in [5, 5.41) is 0. The van der Waals surface area contributed by atoms with Gasteiger partial charge >= 0.3 is 86.4 Å². The molecule has 0 saturated heterocycles. The summed E-state index contributed by atoms with van der Waals surface area (Å²) in [5.41, 5.74) is 0. The maximum absolute atomic E-state index is 9.43. The summed E-state index contributed by atoms with van der Waals surface area (Å²) in [6, 6.07) is 0. The molecule has 2 aliphatic rings. The first kappa shape index (κ1) is 9.93. The zero-order valence-corrected chi connectivity index (χ0v) is 11.1. The fraction of sp³-hybridized carbons (Fsp3) is 1.00. The Hall–Kier alpha value is 1.39. The van der Waals surface area contributed by atoms with E-state index in [1.807, 2.05) is 0 Å². The van der Waals surface area contributed by atoms with E-state index in [9.17, 15) is 9.79 Å². The molecule has 5 heteroatoms. The Morgan fingerprint density at radius 1 is 1.33 bits per heavy atom. The Morgan fingerprint density at radius 3 is 2.25 bits per heavy atom. The van der Waals surface area contributed by atoms with Crippen molar-refractivity contribution in [3.8, 4) is 0 Å². The first-order valence-electron chi connectivity index (χ1n) is 4.25. The molecule has 2 aliphatic carbocycles. The van der Waals surface area contributed by atoms with Gasteiger partial charge in [-0.2, -0.15) is 0 Å². The van der Waals surface area contributed by atoms with Crippen LogP contribution in [0, 0.1) is 5.92 Å². The molecule has 2 bridgehead atoms. The molecule has 0 heterocycles. The third kappa shape index (κ3) is 2.07. The first-order valence-corrected chi connectivity index (χ1v) is 11.2. The molecule has 70 valence electrons. The van der Waals surface area contributed by atoms with Crippen LogP contribution in [0.5, 0.6) is 0 Å². The summed E-state index contributed by atoms with van der Waals surface area (Å²) >= 11 is 2.62. The normalized spacial score (nSPS) is 40.7. The second-order valence-corrected chi connectivity index (χ2v) is 18.0. The summed E-state index contributed by atoms with van der Waals surface area (Å²) in [5.74, 6) is 0.915. The predicted molar refractivity (Wildman–Crippen MR) is 52.1 cm³/mol. The van der Waals surface area contributed by atoms with Crippen molar-refractivity contribution >= 4 is 34.3 Å². The second kappa shape index (κ2) is 3.21. The summed E-state index contributed by atoms with van der Waals surface area (Å²) < 4.78 is -2.21. The van der Waals surface area contributed by atoms with E-state index in [0.717, 1.165) is 5.92 Å². The zero-order chi connectivity index (χ0) is 8.82. The fourth-order valence-corrected chi connectivity index (χ4v) is 14.2. The van der Waals surface area contributed by atoms with Gasteiger partial charge in [0.15, 0.2) is 0 Å². The molecule has 2 saturated carbocycles. The Labute approximate surface area is 86.3 Å². The van der Waals surface area contributed by atoms with E-state index in [1.165, 1.54) is 32.1 Å². The summed E-state index contributed by atoms with van der Waals surface area (Å²) in [4.78, 5) is 18.9. The Kier molecular flexibility index (Phi) is 2.65. The van der Waals surface area contributed by atoms with Gasteiger partial charge in [-0.25, -0.2) is 0 Å². The zero-order valence-electron chi connectivity index (χ0n) is 6.77. The molecule has 2 rings (SSSR count). The SMILES string of the molecule is OP(O)(=[Se])[Se]C12CCC(CC1)C2. The molecular weight excluding hydrogens is 305 g/mol. The molecule has 0 spiro atoms. The maximum atomic E-state index is 9.43. The number of hydrogen-bond donors (Lipinski definition) is 2. The van der Waals surface area contributed by atoms with Gasteiger partial charge in [-0.1, -0.05) is 0 Å². The minimum atomic E-state index is -2.58. The van der Waals surface area contributed by atoms with Crippen LogP contribution in [-0.4, -0.2) is 39.4 Å². The molecule has 0 aromatic rings. The van der Waals surface area contributed by atoms with Crippen molar-refractivity contribution in [2.45, 2.75) is 36.4 Å². The topological polar surface area (TPSA) is 40.5 Å². The van der Waals surface area contributed by atoms with E-state index in [0.29, 0.717) is 4.31 Å². The average Bonchev–Trinajstić information content (AvgIpc) is 2.40. The predicted octanol–water partition coefficient (Wildman–Crippen LogP) is 1.27. The Balaban J connectivity index is 2.08. The van der Waals surface area contributed by atoms with Gasteiger partial charge in [0.05, 0.1) is 0 Å². The first-order chi connectivity index (χ1) is 5.49. The van der Waals surface area contributed by atoms with Gasteiger partial charge in [0.2, 0.25) is 0 Å². The van der Waals surface area contributed by atoms with Crippen molar-refractivity contribution in [1.29, 1.82) is 0 Å². The number of rotatable bonds is 2. The van der Waals surface area contributed by atoms with Gasteiger partial charge in [0, 0.05) is 0 Å². The Morgan fingerprint density at radius 2 is 1.92 bits per heavy atom. The molecule has 0 radical (unpaired) electrons. The summed E-state index contributed by atoms with van der Waals surface area (Å²) in [6.07, 6.45) is 6.45. The summed E-state index contributed by atoms with van der Waals surface area (Å²) in [6.45, 7) is 0. The molecular formula is C7H13O2PSe2. The van der Waals surface area contributed by atoms with Gasteiger partial charge in [0.1, 0.15) is 0 Å². The second-order valence-electron chi connectivity index (χ2n) is 3.91. The molecule has 0 aromatic carbocycles. The third-order valence-electron chi connectivity index (χ3n) is 2.99. The van der Waals surface area contributed by atoms with Crippen molar-refractivity contribution in [2.75, 3.05) is 0 Å². The van der Waals surface area contributed by atoms with Crippen molar-refractivity contribution in [1.82, 2.24) is 0 Å². The third-order valence-corrected chi connectivity index (χ3v) is 11.2. The number of hydrogen-bond acceptors (Lipinski definition) is 2. The van der Waals surface area contributed by atoms with Gasteiger partial charge in [-0.3, -0.25) is 0 Å². The van der Waals surface area contributed by atoms with E-state index >= 15 is 0 Å². The van der Waals surface area contributed by atoms with Crippen molar-refractivity contribution in [3.63, 3.8) is 0 Å². The molecule has 0 aliphatic heterocycles. The van der Waals surface area contributed by atoms with Crippen molar-refractivity contribution in [3.05, 3.63) is 0 Å². The molecule has 12 heavy (non-hydrogen) atoms. The molecule has 0 amide bonds. The molecule has 2 nitrogen and oxygen atoms in total. The van der Waals surface area contributed by atoms with Crippen LogP contribution in [0.3, 0.4) is 0 Å². The monoisotopic (exact) mass is 320 g/mol. The van der Waals surface area contributed by atoms with Crippen LogP contribution in [-0.2, 0) is 0 Å². The van der Waals surface area contributed by atoms with Crippen LogP contribution in [0.15, 0.2) is 0 Å². The van der Waals surface area contributed by atoms with Crippen LogP contribution < -0.4 is 0 Å². The van der Waals surface area contributed by atoms with E-state index < -0.39 is 4.65 Å². The van der Waals surface area contributed by atoms with Gasteiger partial charge < -0.3 is 0 Å². The van der Waals surface area contributed by atoms with Crippen LogP contribution in [0.2, 0.25) is 4.31 Å². The molecule has 2 fully saturated rings. The van der Waals surface area contributed by atoms with Crippen molar-refractivity contribution in [2.24, 2.45) is 5.92 Å². The van der Waals surface area contributed by atoms with E-state index in [2.05, 4.69) is 15.1 Å². The summed E-state index contributed by atoms with van der Waals surface area (Å²) in [7, 11) is 0. The standard InChI is InChI=1S/C7H13O2PSe2/c8-10(9,11)12-7-3-1-6(5-7)2-4-7/h6H,1-5H2,(H2,8,9,11). The molecule has 0 atom stereocenters. The average molecular weight is 318 g/mol. The minimum absolute atomic E-state index is 0.0469. The van der Waals surface area contributed by atoms with Crippen LogP contribution >= 0.6 is 4.65 Å². The van der Waals surface area contributed by atoms with Crippen molar-refractivity contribution < 1.29 is 9.79 Å². The van der Waals surface area contributed by atoms with E-state index in [4.69, 9.17) is 0 Å².